The van der Waals surface area contributed by atoms with E-state index in [1.54, 1.807) is 11.8 Å². The Hall–Kier alpha value is -0.260. The van der Waals surface area contributed by atoms with E-state index < -0.39 is 0 Å². The number of carbonyl (C=O) groups is 1. The van der Waals surface area contributed by atoms with Gasteiger partial charge in [-0.25, -0.2) is 0 Å². The summed E-state index contributed by atoms with van der Waals surface area (Å²) in [6, 6.07) is 0.0222. The number of nitrogens with zero attached hydrogens (tertiary/aromatic N) is 2. The summed E-state index contributed by atoms with van der Waals surface area (Å²) in [7, 11) is 1.90. The van der Waals surface area contributed by atoms with Crippen LogP contribution in [0.5, 0.6) is 0 Å². The molecular formula is C11H23N3OS. The molecule has 1 unspecified atom stereocenters. The Morgan fingerprint density at radius 3 is 2.69 bits per heavy atom. The van der Waals surface area contributed by atoms with Crippen LogP contribution >= 0.6 is 11.8 Å². The molecule has 4 nitrogen and oxygen atoms in total. The maximum Gasteiger partial charge on any atom is 0.239 e. The second kappa shape index (κ2) is 7.14. The lowest BCUT2D eigenvalue weighted by atomic mass is 10.2. The molecule has 1 atom stereocenters. The number of nitrogens with one attached hydrogen (secondary N) is 1. The molecule has 0 aromatic heterocycles. The van der Waals surface area contributed by atoms with Gasteiger partial charge in [0.15, 0.2) is 0 Å². The second-order valence-electron chi connectivity index (χ2n) is 4.21. The predicted octanol–water partition coefficient (Wildman–Crippen LogP) is 0.102. The van der Waals surface area contributed by atoms with Crippen LogP contribution in [0, 0.1) is 0 Å². The normalized spacial score (nSPS) is 19.4. The fraction of sp³-hybridized carbons (Fsp3) is 0.909. The Balaban J connectivity index is 2.38. The fourth-order valence-corrected chi connectivity index (χ4v) is 2.34. The van der Waals surface area contributed by atoms with Crippen LogP contribution in [0.2, 0.25) is 0 Å². The molecule has 5 heteroatoms. The molecule has 0 radical (unpaired) electrons. The van der Waals surface area contributed by atoms with Crippen molar-refractivity contribution in [1.82, 2.24) is 15.1 Å². The smallest absolute Gasteiger partial charge is 0.239 e. The third-order valence-corrected chi connectivity index (χ3v) is 3.65. The highest BCUT2D eigenvalue weighted by Crippen LogP contribution is 2.05. The van der Waals surface area contributed by atoms with Gasteiger partial charge in [-0.05, 0) is 13.2 Å². The Labute approximate surface area is 103 Å². The molecule has 1 aliphatic rings. The first kappa shape index (κ1) is 13.8. The molecule has 1 saturated heterocycles. The first-order chi connectivity index (χ1) is 7.66. The number of likely N-dealkylation sites (N-methyl/N-ethyl adjacent to an activating group) is 1. The third-order valence-electron chi connectivity index (χ3n) is 3.06. The number of thioether (sulfide) groups is 1. The van der Waals surface area contributed by atoms with Crippen LogP contribution in [0.1, 0.15) is 6.92 Å². The van der Waals surface area contributed by atoms with E-state index >= 15 is 0 Å². The predicted molar refractivity (Wildman–Crippen MR) is 69.9 cm³/mol. The number of piperazine rings is 1. The zero-order valence-electron chi connectivity index (χ0n) is 10.5. The van der Waals surface area contributed by atoms with Crippen LogP contribution in [0.3, 0.4) is 0 Å². The summed E-state index contributed by atoms with van der Waals surface area (Å²) in [5.41, 5.74) is 0. The molecule has 1 rings (SSSR count). The summed E-state index contributed by atoms with van der Waals surface area (Å²) in [5, 5.41) is 3.30. The van der Waals surface area contributed by atoms with Crippen molar-refractivity contribution in [2.24, 2.45) is 0 Å². The molecule has 0 aromatic carbocycles. The zero-order valence-corrected chi connectivity index (χ0v) is 11.3. The SMILES string of the molecule is CSCCN(C)C(=O)C(C)N1CCNCC1. The van der Waals surface area contributed by atoms with E-state index in [9.17, 15) is 4.79 Å². The van der Waals surface area contributed by atoms with Crippen LogP contribution in [0.15, 0.2) is 0 Å². The largest absolute Gasteiger partial charge is 0.344 e. The monoisotopic (exact) mass is 245 g/mol. The van der Waals surface area contributed by atoms with Crippen LogP contribution in [-0.4, -0.2) is 73.5 Å². The number of hydrogen-bond acceptors (Lipinski definition) is 4. The summed E-state index contributed by atoms with van der Waals surface area (Å²) < 4.78 is 0. The van der Waals surface area contributed by atoms with Gasteiger partial charge in [0.1, 0.15) is 0 Å². The second-order valence-corrected chi connectivity index (χ2v) is 5.20. The van der Waals surface area contributed by atoms with Crippen molar-refractivity contribution in [3.63, 3.8) is 0 Å². The van der Waals surface area contributed by atoms with Gasteiger partial charge in [0, 0.05) is 45.5 Å². The maximum absolute atomic E-state index is 12.1. The minimum Gasteiger partial charge on any atom is -0.344 e. The lowest BCUT2D eigenvalue weighted by molar-refractivity contribution is -0.135. The zero-order chi connectivity index (χ0) is 12.0. The molecule has 0 saturated carbocycles. The molecule has 1 N–H and O–H groups in total. The number of hydrogen-bond donors (Lipinski definition) is 1. The third kappa shape index (κ3) is 3.96. The molecule has 0 bridgehead atoms. The lowest BCUT2D eigenvalue weighted by Gasteiger charge is -2.34. The average Bonchev–Trinajstić information content (AvgIpc) is 2.35. The van der Waals surface area contributed by atoms with E-state index in [4.69, 9.17) is 0 Å². The Bertz CT molecular complexity index is 219. The van der Waals surface area contributed by atoms with Gasteiger partial charge in [0.25, 0.3) is 0 Å². The molecule has 1 fully saturated rings. The van der Waals surface area contributed by atoms with E-state index in [2.05, 4.69) is 16.5 Å². The van der Waals surface area contributed by atoms with Gasteiger partial charge in [-0.2, -0.15) is 11.8 Å². The van der Waals surface area contributed by atoms with Crippen molar-refractivity contribution in [2.75, 3.05) is 51.8 Å². The molecule has 1 heterocycles. The average molecular weight is 245 g/mol. The van der Waals surface area contributed by atoms with Crippen LogP contribution in [0.25, 0.3) is 0 Å². The maximum atomic E-state index is 12.1. The van der Waals surface area contributed by atoms with Crippen LogP contribution < -0.4 is 5.32 Å². The van der Waals surface area contributed by atoms with E-state index in [1.165, 1.54) is 0 Å². The van der Waals surface area contributed by atoms with E-state index in [0.717, 1.165) is 38.5 Å². The topological polar surface area (TPSA) is 35.6 Å². The van der Waals surface area contributed by atoms with Crippen molar-refractivity contribution in [2.45, 2.75) is 13.0 Å². The first-order valence-electron chi connectivity index (χ1n) is 5.85. The van der Waals surface area contributed by atoms with Gasteiger partial charge in [-0.1, -0.05) is 0 Å². The van der Waals surface area contributed by atoms with Crippen molar-refractivity contribution in [1.29, 1.82) is 0 Å². The summed E-state index contributed by atoms with van der Waals surface area (Å²) in [5.74, 6) is 1.26. The van der Waals surface area contributed by atoms with Gasteiger partial charge in [0.2, 0.25) is 5.91 Å². The van der Waals surface area contributed by atoms with E-state index in [-0.39, 0.29) is 11.9 Å². The molecule has 0 aliphatic carbocycles. The highest BCUT2D eigenvalue weighted by molar-refractivity contribution is 7.98. The summed E-state index contributed by atoms with van der Waals surface area (Å²) in [4.78, 5) is 16.2. The number of rotatable bonds is 5. The van der Waals surface area contributed by atoms with Gasteiger partial charge >= 0.3 is 0 Å². The fourth-order valence-electron chi connectivity index (χ4n) is 1.88. The molecule has 94 valence electrons. The van der Waals surface area contributed by atoms with E-state index in [0.29, 0.717) is 0 Å². The minimum atomic E-state index is 0.0222. The van der Waals surface area contributed by atoms with Crippen molar-refractivity contribution >= 4 is 17.7 Å². The van der Waals surface area contributed by atoms with Gasteiger partial charge in [-0.3, -0.25) is 9.69 Å². The first-order valence-corrected chi connectivity index (χ1v) is 7.25. The standard InChI is InChI=1S/C11H23N3OS/c1-10(14-6-4-12-5-7-14)11(15)13(2)8-9-16-3/h10,12H,4-9H2,1-3H3. The summed E-state index contributed by atoms with van der Waals surface area (Å²) in [6.07, 6.45) is 2.07. The van der Waals surface area contributed by atoms with Gasteiger partial charge in [0.05, 0.1) is 6.04 Å². The number of carbonyl (C=O) groups excluding carboxylic acids is 1. The molecular weight excluding hydrogens is 222 g/mol. The Morgan fingerprint density at radius 2 is 2.12 bits per heavy atom. The quantitative estimate of drug-likeness (QED) is 0.745. The van der Waals surface area contributed by atoms with Crippen LogP contribution in [-0.2, 0) is 4.79 Å². The molecule has 1 aliphatic heterocycles. The van der Waals surface area contributed by atoms with Crippen molar-refractivity contribution < 1.29 is 4.79 Å². The number of amides is 1. The van der Waals surface area contributed by atoms with Crippen molar-refractivity contribution in [3.8, 4) is 0 Å². The van der Waals surface area contributed by atoms with Crippen molar-refractivity contribution in [3.05, 3.63) is 0 Å². The van der Waals surface area contributed by atoms with Gasteiger partial charge < -0.3 is 10.2 Å². The summed E-state index contributed by atoms with van der Waals surface area (Å²) >= 11 is 1.78. The van der Waals surface area contributed by atoms with Crippen LogP contribution in [0.4, 0.5) is 0 Å². The Morgan fingerprint density at radius 1 is 1.50 bits per heavy atom. The minimum absolute atomic E-state index is 0.0222. The molecule has 0 spiro atoms. The molecule has 1 amide bonds. The highest BCUT2D eigenvalue weighted by Gasteiger charge is 2.24. The van der Waals surface area contributed by atoms with Gasteiger partial charge in [-0.15, -0.1) is 0 Å². The summed E-state index contributed by atoms with van der Waals surface area (Å²) in [6.45, 7) is 6.80. The Kier molecular flexibility index (Phi) is 6.16. The lowest BCUT2D eigenvalue weighted by Crippen LogP contribution is -2.53. The molecule has 0 aromatic rings. The van der Waals surface area contributed by atoms with E-state index in [1.807, 2.05) is 18.9 Å². The molecule has 16 heavy (non-hydrogen) atoms. The highest BCUT2D eigenvalue weighted by atomic mass is 32.2.